The molecule has 0 aliphatic carbocycles. The van der Waals surface area contributed by atoms with E-state index in [9.17, 15) is 0 Å². The lowest BCUT2D eigenvalue weighted by Gasteiger charge is -1.88. The van der Waals surface area contributed by atoms with Gasteiger partial charge in [-0.3, -0.25) is 4.98 Å². The molecule has 0 aliphatic rings. The molecule has 1 radical (unpaired) electrons. The zero-order valence-electron chi connectivity index (χ0n) is 5.56. The number of aromatic nitrogens is 3. The maximum atomic E-state index is 4.57. The van der Waals surface area contributed by atoms with Crippen molar-refractivity contribution in [3.63, 3.8) is 0 Å². The van der Waals surface area contributed by atoms with Crippen molar-refractivity contribution in [3.8, 4) is 11.4 Å². The lowest BCUT2D eigenvalue weighted by atomic mass is 10.3. The fraction of sp³-hybridized carbons (Fsp3) is 0. The van der Waals surface area contributed by atoms with Gasteiger partial charge in [-0.15, -0.1) is 0 Å². The molecule has 4 heteroatoms. The maximum absolute atomic E-state index is 4.57. The highest BCUT2D eigenvalue weighted by Gasteiger charge is 1.99. The van der Waals surface area contributed by atoms with E-state index in [2.05, 4.69) is 25.7 Å². The van der Waals surface area contributed by atoms with Gasteiger partial charge >= 0.3 is 0 Å². The molecule has 0 unspecified atom stereocenters. The van der Waals surface area contributed by atoms with Gasteiger partial charge in [0, 0.05) is 24.0 Å². The predicted molar refractivity (Wildman–Crippen MR) is 36.4 cm³/mol. The Balaban J connectivity index is 2.46. The van der Waals surface area contributed by atoms with Gasteiger partial charge in [-0.25, -0.2) is 0 Å². The molecule has 0 atom stereocenters. The van der Waals surface area contributed by atoms with Crippen molar-refractivity contribution in [2.24, 2.45) is 0 Å². The molecule has 2 rings (SSSR count). The second-order valence-electron chi connectivity index (χ2n) is 1.93. The number of hydrogen-bond donors (Lipinski definition) is 0. The van der Waals surface area contributed by atoms with E-state index >= 15 is 0 Å². The van der Waals surface area contributed by atoms with Crippen molar-refractivity contribution in [2.45, 2.75) is 0 Å². The van der Waals surface area contributed by atoms with Crippen molar-refractivity contribution >= 4 is 0 Å². The molecule has 0 saturated carbocycles. The molecular formula is C7H4N3O. The Hall–Kier alpha value is -1.71. The molecule has 4 nitrogen and oxygen atoms in total. The van der Waals surface area contributed by atoms with Gasteiger partial charge in [0.1, 0.15) is 0 Å². The highest BCUT2D eigenvalue weighted by Crippen LogP contribution is 2.10. The van der Waals surface area contributed by atoms with Crippen molar-refractivity contribution in [2.75, 3.05) is 0 Å². The lowest BCUT2D eigenvalue weighted by molar-refractivity contribution is 0.418. The van der Waals surface area contributed by atoms with Gasteiger partial charge in [0.15, 0.2) is 0 Å². The Morgan fingerprint density at radius 3 is 3.09 bits per heavy atom. The van der Waals surface area contributed by atoms with Crippen LogP contribution in [0.4, 0.5) is 0 Å². The van der Waals surface area contributed by atoms with Crippen LogP contribution in [0.2, 0.25) is 0 Å². The number of pyridine rings is 1. The van der Waals surface area contributed by atoms with E-state index in [-0.39, 0.29) is 0 Å². The van der Waals surface area contributed by atoms with E-state index < -0.39 is 0 Å². The molecule has 0 aromatic carbocycles. The fourth-order valence-electron chi connectivity index (χ4n) is 0.745. The monoisotopic (exact) mass is 146 g/mol. The van der Waals surface area contributed by atoms with Gasteiger partial charge < -0.3 is 4.52 Å². The molecule has 0 amide bonds. The molecule has 0 aliphatic heterocycles. The van der Waals surface area contributed by atoms with Crippen LogP contribution in [-0.2, 0) is 0 Å². The fourth-order valence-corrected chi connectivity index (χ4v) is 0.745. The van der Waals surface area contributed by atoms with Crippen LogP contribution in [-0.4, -0.2) is 15.1 Å². The number of hydrogen-bond acceptors (Lipinski definition) is 4. The highest BCUT2D eigenvalue weighted by molar-refractivity contribution is 5.51. The van der Waals surface area contributed by atoms with E-state index in [0.717, 1.165) is 5.56 Å². The summed E-state index contributed by atoms with van der Waals surface area (Å²) in [6.07, 6.45) is 4.51. The Labute approximate surface area is 62.9 Å². The first-order valence-corrected chi connectivity index (χ1v) is 3.04. The minimum absolute atomic E-state index is 0.536. The molecule has 0 spiro atoms. The van der Waals surface area contributed by atoms with Gasteiger partial charge in [-0.05, 0) is 6.07 Å². The minimum Gasteiger partial charge on any atom is -0.342 e. The molecule has 0 fully saturated rings. The summed E-state index contributed by atoms with van der Waals surface area (Å²) in [6.45, 7) is 0. The van der Waals surface area contributed by atoms with Gasteiger partial charge in [0.25, 0.3) is 0 Å². The molecule has 2 aromatic heterocycles. The average Bonchev–Trinajstić information content (AvgIpc) is 2.58. The van der Waals surface area contributed by atoms with Gasteiger partial charge in [0.05, 0.1) is 0 Å². The SMILES string of the molecule is [c]1cncc(-c2ncon2)c1. The van der Waals surface area contributed by atoms with Crippen molar-refractivity contribution in [1.82, 2.24) is 15.1 Å². The zero-order chi connectivity index (χ0) is 7.52. The second kappa shape index (κ2) is 2.49. The zero-order valence-corrected chi connectivity index (χ0v) is 5.56. The summed E-state index contributed by atoms with van der Waals surface area (Å²) < 4.78 is 4.57. The summed E-state index contributed by atoms with van der Waals surface area (Å²) in [7, 11) is 0. The molecule has 2 aromatic rings. The molecule has 11 heavy (non-hydrogen) atoms. The summed E-state index contributed by atoms with van der Waals surface area (Å²) in [5.74, 6) is 0.536. The number of rotatable bonds is 1. The lowest BCUT2D eigenvalue weighted by Crippen LogP contribution is -1.80. The molecule has 0 N–H and O–H groups in total. The first-order valence-electron chi connectivity index (χ1n) is 3.04. The van der Waals surface area contributed by atoms with Crippen LogP contribution in [0.25, 0.3) is 11.4 Å². The van der Waals surface area contributed by atoms with Crippen LogP contribution in [0.1, 0.15) is 0 Å². The Kier molecular flexibility index (Phi) is 1.37. The van der Waals surface area contributed by atoms with Crippen LogP contribution in [0.3, 0.4) is 0 Å². The van der Waals surface area contributed by atoms with Crippen LogP contribution < -0.4 is 0 Å². The van der Waals surface area contributed by atoms with Gasteiger partial charge in [0.2, 0.25) is 12.2 Å². The molecule has 2 heterocycles. The van der Waals surface area contributed by atoms with E-state index in [1.54, 1.807) is 18.5 Å². The first kappa shape index (κ1) is 6.03. The van der Waals surface area contributed by atoms with E-state index in [1.165, 1.54) is 6.39 Å². The third kappa shape index (κ3) is 1.10. The van der Waals surface area contributed by atoms with Gasteiger partial charge in [-0.2, -0.15) is 4.98 Å². The molecule has 0 bridgehead atoms. The van der Waals surface area contributed by atoms with Crippen LogP contribution in [0.5, 0.6) is 0 Å². The normalized spacial score (nSPS) is 9.82. The Morgan fingerprint density at radius 1 is 1.45 bits per heavy atom. The topological polar surface area (TPSA) is 51.8 Å². The maximum Gasteiger partial charge on any atom is 0.214 e. The number of nitrogens with zero attached hydrogens (tertiary/aromatic N) is 3. The quantitative estimate of drug-likeness (QED) is 0.600. The van der Waals surface area contributed by atoms with E-state index in [1.807, 2.05) is 0 Å². The van der Waals surface area contributed by atoms with Crippen molar-refractivity contribution < 1.29 is 4.52 Å². The molecular weight excluding hydrogens is 142 g/mol. The summed E-state index contributed by atoms with van der Waals surface area (Å²) in [5, 5.41) is 3.64. The summed E-state index contributed by atoms with van der Waals surface area (Å²) in [5.41, 5.74) is 0.807. The minimum atomic E-state index is 0.536. The third-order valence-electron chi connectivity index (χ3n) is 1.22. The summed E-state index contributed by atoms with van der Waals surface area (Å²) >= 11 is 0. The molecule has 53 valence electrons. The molecule has 0 saturated heterocycles. The van der Waals surface area contributed by atoms with Crippen LogP contribution >= 0.6 is 0 Å². The van der Waals surface area contributed by atoms with E-state index in [0.29, 0.717) is 5.82 Å². The average molecular weight is 146 g/mol. The highest BCUT2D eigenvalue weighted by atomic mass is 16.5. The van der Waals surface area contributed by atoms with Crippen LogP contribution in [0.15, 0.2) is 29.4 Å². The first-order chi connectivity index (χ1) is 5.47. The Bertz CT molecular complexity index is 317. The van der Waals surface area contributed by atoms with E-state index in [4.69, 9.17) is 0 Å². The summed E-state index contributed by atoms with van der Waals surface area (Å²) in [4.78, 5) is 7.71. The van der Waals surface area contributed by atoms with Crippen LogP contribution in [0, 0.1) is 6.07 Å². The summed E-state index contributed by atoms with van der Waals surface area (Å²) in [6, 6.07) is 4.56. The largest absolute Gasteiger partial charge is 0.342 e. The van der Waals surface area contributed by atoms with Gasteiger partial charge in [-0.1, -0.05) is 5.16 Å². The standard InChI is InChI=1S/C7H4N3O/c1-2-6(4-8-3-1)7-9-5-11-10-7/h2-5H. The third-order valence-corrected chi connectivity index (χ3v) is 1.22. The predicted octanol–water partition coefficient (Wildman–Crippen LogP) is 0.932. The smallest absolute Gasteiger partial charge is 0.214 e. The second-order valence-corrected chi connectivity index (χ2v) is 1.93. The van der Waals surface area contributed by atoms with Crippen molar-refractivity contribution in [1.29, 1.82) is 0 Å². The van der Waals surface area contributed by atoms with Crippen molar-refractivity contribution in [3.05, 3.63) is 30.9 Å². The Morgan fingerprint density at radius 2 is 2.45 bits per heavy atom.